The average molecular weight is 444 g/mol. The predicted octanol–water partition coefficient (Wildman–Crippen LogP) is 6.46. The lowest BCUT2D eigenvalue weighted by Gasteiger charge is -2.10. The molecule has 2 aromatic carbocycles. The zero-order valence-corrected chi connectivity index (χ0v) is 19.4. The van der Waals surface area contributed by atoms with Gasteiger partial charge in [-0.25, -0.2) is 9.97 Å². The van der Waals surface area contributed by atoms with Gasteiger partial charge in [0.15, 0.2) is 0 Å². The van der Waals surface area contributed by atoms with Crippen LogP contribution in [0.1, 0.15) is 17.7 Å². The van der Waals surface area contributed by atoms with E-state index in [0.717, 1.165) is 46.9 Å². The van der Waals surface area contributed by atoms with Gasteiger partial charge in [-0.3, -0.25) is 0 Å². The van der Waals surface area contributed by atoms with E-state index in [-0.39, 0.29) is 0 Å². The van der Waals surface area contributed by atoms with E-state index in [1.54, 1.807) is 30.8 Å². The number of hydrogen-bond acceptors (Lipinski definition) is 5. The van der Waals surface area contributed by atoms with Gasteiger partial charge in [0.1, 0.15) is 11.6 Å². The van der Waals surface area contributed by atoms with Crippen LogP contribution in [0.2, 0.25) is 0 Å². The second-order valence-electron chi connectivity index (χ2n) is 6.74. The van der Waals surface area contributed by atoms with Crippen molar-refractivity contribution in [1.82, 2.24) is 9.97 Å². The average Bonchev–Trinajstić information content (AvgIpc) is 2.85. The maximum Gasteiger partial charge on any atom is 0.147 e. The van der Waals surface area contributed by atoms with Crippen LogP contribution in [0.5, 0.6) is 5.75 Å². The van der Waals surface area contributed by atoms with Crippen molar-refractivity contribution in [3.63, 3.8) is 0 Å². The van der Waals surface area contributed by atoms with Gasteiger partial charge in [-0.2, -0.15) is 0 Å². The van der Waals surface area contributed by atoms with Crippen molar-refractivity contribution in [1.29, 1.82) is 0 Å². The number of hydrogen-bond donors (Lipinski definition) is 1. The Morgan fingerprint density at radius 2 is 1.81 bits per heavy atom. The van der Waals surface area contributed by atoms with Crippen molar-refractivity contribution in [2.45, 2.75) is 12.8 Å². The summed E-state index contributed by atoms with van der Waals surface area (Å²) in [7, 11) is 3.53. The van der Waals surface area contributed by atoms with Crippen LogP contribution in [-0.4, -0.2) is 29.5 Å². The van der Waals surface area contributed by atoms with E-state index in [1.165, 1.54) is 5.56 Å². The van der Waals surface area contributed by atoms with Crippen LogP contribution in [0, 0.1) is 0 Å². The zero-order valence-electron chi connectivity index (χ0n) is 18.6. The molecule has 1 aromatic heterocycles. The maximum atomic E-state index is 5.20. The van der Waals surface area contributed by atoms with E-state index in [0.29, 0.717) is 0 Å². The number of rotatable bonds is 9. The second kappa shape index (κ2) is 13.7. The number of thiocarbonyl (C=S) groups is 1. The first-order valence-electron chi connectivity index (χ1n) is 10.2. The molecule has 5 heteroatoms. The lowest BCUT2D eigenvalue weighted by Crippen LogP contribution is -2.03. The zero-order chi connectivity index (χ0) is 23.2. The highest BCUT2D eigenvalue weighted by Crippen LogP contribution is 2.23. The Bertz CT molecular complexity index is 1040. The number of aromatic nitrogens is 2. The summed E-state index contributed by atoms with van der Waals surface area (Å²) in [5.41, 5.74) is 5.14. The molecule has 0 aliphatic heterocycles. The number of nitrogens with one attached hydrogen (secondary N) is 1. The topological polar surface area (TPSA) is 47.0 Å². The van der Waals surface area contributed by atoms with Gasteiger partial charge in [0.25, 0.3) is 0 Å². The maximum absolute atomic E-state index is 5.20. The molecule has 3 aromatic rings. The molecule has 4 nitrogen and oxygen atoms in total. The molecule has 0 amide bonds. The van der Waals surface area contributed by atoms with E-state index >= 15 is 0 Å². The highest BCUT2D eigenvalue weighted by molar-refractivity contribution is 7.79. The lowest BCUT2D eigenvalue weighted by molar-refractivity contribution is 0.415. The first-order valence-corrected chi connectivity index (χ1v) is 10.7. The number of ether oxygens (including phenoxy) is 1. The summed E-state index contributed by atoms with van der Waals surface area (Å²) in [6.07, 6.45) is 8.75. The monoisotopic (exact) mass is 443 g/mol. The van der Waals surface area contributed by atoms with Crippen LogP contribution in [0.4, 0.5) is 5.82 Å². The third kappa shape index (κ3) is 7.60. The molecule has 0 atom stereocenters. The number of anilines is 1. The third-order valence-corrected chi connectivity index (χ3v) is 4.76. The molecule has 1 N–H and O–H groups in total. The van der Waals surface area contributed by atoms with Gasteiger partial charge in [0, 0.05) is 25.5 Å². The number of benzene rings is 2. The van der Waals surface area contributed by atoms with E-state index in [2.05, 4.69) is 47.8 Å². The molecule has 0 bridgehead atoms. The normalized spacial score (nSPS) is 10.4. The molecular formula is C27H29N3OS. The number of nitrogens with zero attached hydrogens (tertiary/aromatic N) is 2. The Balaban J connectivity index is 0.000000344. The van der Waals surface area contributed by atoms with E-state index in [1.807, 2.05) is 55.6 Å². The predicted molar refractivity (Wildman–Crippen MR) is 140 cm³/mol. The highest BCUT2D eigenvalue weighted by atomic mass is 32.1. The minimum atomic E-state index is 0.744. The molecule has 0 aliphatic rings. The molecule has 0 spiro atoms. The fourth-order valence-electron chi connectivity index (χ4n) is 2.92. The molecular weight excluding hydrogens is 414 g/mol. The molecule has 3 rings (SSSR count). The molecule has 1 heterocycles. The SMILES string of the molecule is C=C/C=C(\C=C)CC=S.CNc1ncc(-c2ccc(OC)cc2)nc1Cc1ccccc1. The van der Waals surface area contributed by atoms with Crippen LogP contribution in [0.3, 0.4) is 0 Å². The Hall–Kier alpha value is -3.57. The smallest absolute Gasteiger partial charge is 0.147 e. The lowest BCUT2D eigenvalue weighted by atomic mass is 10.1. The summed E-state index contributed by atoms with van der Waals surface area (Å²) in [5, 5.41) is 4.80. The van der Waals surface area contributed by atoms with Crippen LogP contribution in [0.15, 0.2) is 97.8 Å². The van der Waals surface area contributed by atoms with E-state index in [4.69, 9.17) is 9.72 Å². The molecule has 0 aliphatic carbocycles. The molecule has 0 saturated heterocycles. The van der Waals surface area contributed by atoms with Gasteiger partial charge in [0.05, 0.1) is 24.7 Å². The minimum absolute atomic E-state index is 0.744. The summed E-state index contributed by atoms with van der Waals surface area (Å²) >= 11 is 4.66. The first kappa shape index (κ1) is 24.7. The van der Waals surface area contributed by atoms with E-state index in [9.17, 15) is 0 Å². The van der Waals surface area contributed by atoms with Crippen molar-refractivity contribution in [2.24, 2.45) is 0 Å². The van der Waals surface area contributed by atoms with Crippen molar-refractivity contribution in [2.75, 3.05) is 19.5 Å². The van der Waals surface area contributed by atoms with Crippen LogP contribution in [0.25, 0.3) is 11.3 Å². The molecule has 0 unspecified atom stereocenters. The molecule has 0 radical (unpaired) electrons. The first-order chi connectivity index (χ1) is 15.6. The summed E-state index contributed by atoms with van der Waals surface area (Å²) < 4.78 is 5.20. The number of allylic oxidation sites excluding steroid dienone is 4. The standard InChI is InChI=1S/C19H19N3O.C8H10S/c1-20-19-17(12-14-6-4-3-5-7-14)22-18(13-21-19)15-8-10-16(23-2)11-9-15;1-3-5-8(4-2)6-7-9/h3-11,13H,12H2,1-2H3,(H,20,21);3-5,7H,1-2,6H2/b;8-5+. The summed E-state index contributed by atoms with van der Waals surface area (Å²) in [4.78, 5) is 9.31. The van der Waals surface area contributed by atoms with Gasteiger partial charge < -0.3 is 10.1 Å². The Labute approximate surface area is 196 Å². The quantitative estimate of drug-likeness (QED) is 0.304. The third-order valence-electron chi connectivity index (χ3n) is 4.59. The summed E-state index contributed by atoms with van der Waals surface area (Å²) in [5.74, 6) is 1.64. The van der Waals surface area contributed by atoms with Gasteiger partial charge >= 0.3 is 0 Å². The fraction of sp³-hybridized carbons (Fsp3) is 0.148. The Kier molecular flexibility index (Phi) is 10.6. The largest absolute Gasteiger partial charge is 0.497 e. The van der Waals surface area contributed by atoms with Crippen LogP contribution >= 0.6 is 12.2 Å². The minimum Gasteiger partial charge on any atom is -0.497 e. The van der Waals surface area contributed by atoms with E-state index < -0.39 is 0 Å². The van der Waals surface area contributed by atoms with Crippen molar-refractivity contribution >= 4 is 23.4 Å². The highest BCUT2D eigenvalue weighted by Gasteiger charge is 2.09. The Morgan fingerprint density at radius 3 is 2.38 bits per heavy atom. The van der Waals surface area contributed by atoms with Crippen molar-refractivity contribution in [3.8, 4) is 17.0 Å². The summed E-state index contributed by atoms with van der Waals surface area (Å²) in [6, 6.07) is 18.1. The van der Waals surface area contributed by atoms with Gasteiger partial charge in [-0.05, 0) is 40.8 Å². The van der Waals surface area contributed by atoms with Gasteiger partial charge in [-0.1, -0.05) is 73.9 Å². The van der Waals surface area contributed by atoms with Crippen LogP contribution < -0.4 is 10.1 Å². The molecule has 0 fully saturated rings. The molecule has 164 valence electrons. The number of methoxy groups -OCH3 is 1. The fourth-order valence-corrected chi connectivity index (χ4v) is 3.11. The summed E-state index contributed by atoms with van der Waals surface area (Å²) in [6.45, 7) is 7.17. The van der Waals surface area contributed by atoms with Gasteiger partial charge in [-0.15, -0.1) is 0 Å². The Morgan fingerprint density at radius 1 is 1.09 bits per heavy atom. The van der Waals surface area contributed by atoms with Gasteiger partial charge in [0.2, 0.25) is 0 Å². The van der Waals surface area contributed by atoms with Crippen molar-refractivity contribution in [3.05, 3.63) is 109 Å². The second-order valence-corrected chi connectivity index (χ2v) is 7.08. The van der Waals surface area contributed by atoms with Crippen molar-refractivity contribution < 1.29 is 4.74 Å². The molecule has 0 saturated carbocycles. The molecule has 32 heavy (non-hydrogen) atoms. The van der Waals surface area contributed by atoms with Crippen LogP contribution in [-0.2, 0) is 6.42 Å².